The van der Waals surface area contributed by atoms with E-state index in [4.69, 9.17) is 0 Å². The van der Waals surface area contributed by atoms with Gasteiger partial charge in [-0.1, -0.05) is 55.0 Å². The summed E-state index contributed by atoms with van der Waals surface area (Å²) in [6.45, 7) is 7.45. The first-order valence-corrected chi connectivity index (χ1v) is 10.9. The fourth-order valence-electron chi connectivity index (χ4n) is 3.15. The van der Waals surface area contributed by atoms with Gasteiger partial charge in [0.2, 0.25) is 15.9 Å². The summed E-state index contributed by atoms with van der Waals surface area (Å²) in [7, 11) is -3.60. The molecule has 0 spiro atoms. The Labute approximate surface area is 162 Å². The zero-order valence-corrected chi connectivity index (χ0v) is 17.4. The lowest BCUT2D eigenvalue weighted by Gasteiger charge is -2.26. The summed E-state index contributed by atoms with van der Waals surface area (Å²) in [6.07, 6.45) is 1.85. The molecule has 0 aromatic heterocycles. The summed E-state index contributed by atoms with van der Waals surface area (Å²) < 4.78 is 26.0. The first kappa shape index (κ1) is 21.0. The van der Waals surface area contributed by atoms with Crippen molar-refractivity contribution < 1.29 is 13.2 Å². The fraction of sp³-hybridized carbons (Fsp3) is 0.381. The van der Waals surface area contributed by atoms with E-state index in [-0.39, 0.29) is 18.5 Å². The van der Waals surface area contributed by atoms with Gasteiger partial charge in [-0.25, -0.2) is 8.42 Å². The highest BCUT2D eigenvalue weighted by Gasteiger charge is 2.25. The third-order valence-corrected chi connectivity index (χ3v) is 5.71. The van der Waals surface area contributed by atoms with Crippen LogP contribution in [0, 0.1) is 20.8 Å². The number of hydrogen-bond acceptors (Lipinski definition) is 3. The fourth-order valence-corrected chi connectivity index (χ4v) is 4.12. The zero-order chi connectivity index (χ0) is 20.2. The van der Waals surface area contributed by atoms with Crippen LogP contribution in [0.5, 0.6) is 0 Å². The second-order valence-corrected chi connectivity index (χ2v) is 8.86. The molecule has 0 aliphatic rings. The maximum atomic E-state index is 12.7. The van der Waals surface area contributed by atoms with Crippen LogP contribution in [0.2, 0.25) is 0 Å². The molecule has 146 valence electrons. The van der Waals surface area contributed by atoms with Crippen LogP contribution in [0.1, 0.15) is 41.6 Å². The number of amides is 1. The molecule has 1 atom stereocenters. The van der Waals surface area contributed by atoms with Gasteiger partial charge in [0.15, 0.2) is 0 Å². The largest absolute Gasteiger partial charge is 0.348 e. The van der Waals surface area contributed by atoms with Crippen LogP contribution in [0.15, 0.2) is 42.5 Å². The van der Waals surface area contributed by atoms with Gasteiger partial charge in [0.1, 0.15) is 6.54 Å². The molecule has 2 rings (SSSR count). The zero-order valence-electron chi connectivity index (χ0n) is 16.6. The number of carbonyl (C=O) groups excluding carboxylic acids is 1. The molecular weight excluding hydrogens is 360 g/mol. The van der Waals surface area contributed by atoms with Crippen molar-refractivity contribution in [1.29, 1.82) is 0 Å². The molecule has 0 saturated carbocycles. The number of nitrogens with zero attached hydrogens (tertiary/aromatic N) is 1. The Balaban J connectivity index is 2.25. The molecule has 5 nitrogen and oxygen atoms in total. The molecule has 1 amide bonds. The van der Waals surface area contributed by atoms with Crippen molar-refractivity contribution in [2.45, 2.75) is 40.2 Å². The molecule has 6 heteroatoms. The minimum Gasteiger partial charge on any atom is -0.348 e. The van der Waals surface area contributed by atoms with Crippen molar-refractivity contribution in [2.24, 2.45) is 0 Å². The first-order chi connectivity index (χ1) is 12.6. The third kappa shape index (κ3) is 5.32. The Hall–Kier alpha value is -2.34. The monoisotopic (exact) mass is 388 g/mol. The van der Waals surface area contributed by atoms with E-state index in [1.807, 2.05) is 70.2 Å². The molecule has 2 aromatic rings. The van der Waals surface area contributed by atoms with Gasteiger partial charge >= 0.3 is 0 Å². The highest BCUT2D eigenvalue weighted by molar-refractivity contribution is 7.92. The minimum absolute atomic E-state index is 0.155. The molecular formula is C21H28N2O3S. The summed E-state index contributed by atoms with van der Waals surface area (Å²) in [5.41, 5.74) is 4.36. The van der Waals surface area contributed by atoms with Gasteiger partial charge in [-0.3, -0.25) is 9.10 Å². The van der Waals surface area contributed by atoms with Gasteiger partial charge in [-0.05, 0) is 43.9 Å². The van der Waals surface area contributed by atoms with Gasteiger partial charge in [0, 0.05) is 0 Å². The summed E-state index contributed by atoms with van der Waals surface area (Å²) >= 11 is 0. The summed E-state index contributed by atoms with van der Waals surface area (Å²) in [5.74, 6) is -0.324. The lowest BCUT2D eigenvalue weighted by atomic mass is 10.0. The van der Waals surface area contributed by atoms with Crippen molar-refractivity contribution in [3.63, 3.8) is 0 Å². The molecule has 0 radical (unpaired) electrons. The Morgan fingerprint density at radius 2 is 1.59 bits per heavy atom. The topological polar surface area (TPSA) is 66.5 Å². The lowest BCUT2D eigenvalue weighted by molar-refractivity contribution is -0.120. The smallest absolute Gasteiger partial charge is 0.241 e. The molecule has 0 aliphatic heterocycles. The van der Waals surface area contributed by atoms with Crippen molar-refractivity contribution in [3.8, 4) is 0 Å². The maximum absolute atomic E-state index is 12.7. The van der Waals surface area contributed by atoms with Crippen LogP contribution in [0.25, 0.3) is 0 Å². The third-order valence-electron chi connectivity index (χ3n) is 4.60. The van der Waals surface area contributed by atoms with Gasteiger partial charge in [0.25, 0.3) is 0 Å². The second-order valence-electron chi connectivity index (χ2n) is 6.95. The average Bonchev–Trinajstić information content (AvgIpc) is 2.58. The summed E-state index contributed by atoms with van der Waals surface area (Å²) in [5, 5.41) is 2.97. The number of sulfonamides is 1. The van der Waals surface area contributed by atoms with E-state index in [0.29, 0.717) is 5.69 Å². The number of hydrogen-bond donors (Lipinski definition) is 1. The molecule has 0 bridgehead atoms. The van der Waals surface area contributed by atoms with Gasteiger partial charge in [-0.15, -0.1) is 0 Å². The van der Waals surface area contributed by atoms with Crippen molar-refractivity contribution >= 4 is 21.6 Å². The predicted octanol–water partition coefficient (Wildman–Crippen LogP) is 3.65. The molecule has 0 heterocycles. The number of rotatable bonds is 7. The Bertz CT molecular complexity index is 885. The lowest BCUT2D eigenvalue weighted by Crippen LogP contribution is -2.42. The van der Waals surface area contributed by atoms with Crippen LogP contribution in [-0.4, -0.2) is 27.1 Å². The highest BCUT2D eigenvalue weighted by Crippen LogP contribution is 2.26. The SMILES string of the molecule is CCC(NC(=O)CN(c1c(C)cccc1C)S(C)(=O)=O)c1ccc(C)cc1. The van der Waals surface area contributed by atoms with Crippen LogP contribution >= 0.6 is 0 Å². The van der Waals surface area contributed by atoms with E-state index in [1.165, 1.54) is 4.31 Å². The summed E-state index contributed by atoms with van der Waals surface area (Å²) in [6, 6.07) is 13.4. The molecule has 1 unspecified atom stereocenters. The molecule has 0 saturated heterocycles. The van der Waals surface area contributed by atoms with Gasteiger partial charge < -0.3 is 5.32 Å². The second kappa shape index (κ2) is 8.57. The number of anilines is 1. The van der Waals surface area contributed by atoms with E-state index in [9.17, 15) is 13.2 Å². The van der Waals surface area contributed by atoms with Gasteiger partial charge in [0.05, 0.1) is 18.0 Å². The van der Waals surface area contributed by atoms with E-state index in [0.717, 1.165) is 34.9 Å². The normalized spacial score (nSPS) is 12.5. The first-order valence-electron chi connectivity index (χ1n) is 9.03. The molecule has 0 aliphatic carbocycles. The molecule has 27 heavy (non-hydrogen) atoms. The minimum atomic E-state index is -3.60. The van der Waals surface area contributed by atoms with E-state index in [2.05, 4.69) is 5.32 Å². The Morgan fingerprint density at radius 1 is 1.04 bits per heavy atom. The number of benzene rings is 2. The molecule has 0 fully saturated rings. The number of nitrogens with one attached hydrogen (secondary N) is 1. The number of para-hydroxylation sites is 1. The van der Waals surface area contributed by atoms with Crippen LogP contribution < -0.4 is 9.62 Å². The van der Waals surface area contributed by atoms with Crippen LogP contribution in [-0.2, 0) is 14.8 Å². The quantitative estimate of drug-likeness (QED) is 0.787. The van der Waals surface area contributed by atoms with Crippen LogP contribution in [0.3, 0.4) is 0 Å². The predicted molar refractivity (Wildman–Crippen MR) is 110 cm³/mol. The molecule has 1 N–H and O–H groups in total. The van der Waals surface area contributed by atoms with E-state index in [1.54, 1.807) is 0 Å². The number of aryl methyl sites for hydroxylation is 3. The van der Waals surface area contributed by atoms with E-state index < -0.39 is 10.0 Å². The van der Waals surface area contributed by atoms with Crippen LogP contribution in [0.4, 0.5) is 5.69 Å². The standard InChI is InChI=1S/C21H28N2O3S/c1-6-19(18-12-10-15(2)11-13-18)22-20(24)14-23(27(5,25)26)21-16(3)8-7-9-17(21)4/h7-13,19H,6,14H2,1-5H3,(H,22,24). The van der Waals surface area contributed by atoms with E-state index >= 15 is 0 Å². The molecule has 2 aromatic carbocycles. The van der Waals surface area contributed by atoms with Crippen molar-refractivity contribution in [3.05, 3.63) is 64.7 Å². The average molecular weight is 389 g/mol. The van der Waals surface area contributed by atoms with Crippen molar-refractivity contribution in [2.75, 3.05) is 17.1 Å². The Morgan fingerprint density at radius 3 is 2.07 bits per heavy atom. The highest BCUT2D eigenvalue weighted by atomic mass is 32.2. The van der Waals surface area contributed by atoms with Gasteiger partial charge in [-0.2, -0.15) is 0 Å². The maximum Gasteiger partial charge on any atom is 0.241 e. The summed E-state index contributed by atoms with van der Waals surface area (Å²) in [4.78, 5) is 12.7. The van der Waals surface area contributed by atoms with Crippen molar-refractivity contribution in [1.82, 2.24) is 5.32 Å². The Kier molecular flexibility index (Phi) is 6.65. The number of carbonyl (C=O) groups is 1.